The number of methoxy groups -OCH3 is 1. The maximum atomic E-state index is 14.0. The van der Waals surface area contributed by atoms with Crippen molar-refractivity contribution in [2.24, 2.45) is 13.0 Å². The Bertz CT molecular complexity index is 1790. The summed E-state index contributed by atoms with van der Waals surface area (Å²) >= 11 is 0. The van der Waals surface area contributed by atoms with Gasteiger partial charge in [0, 0.05) is 53.8 Å². The van der Waals surface area contributed by atoms with E-state index in [1.54, 1.807) is 7.11 Å². The van der Waals surface area contributed by atoms with Crippen molar-refractivity contribution in [3.8, 4) is 0 Å². The molecule has 0 amide bonds. The van der Waals surface area contributed by atoms with E-state index >= 15 is 0 Å². The summed E-state index contributed by atoms with van der Waals surface area (Å²) in [6.45, 7) is 13.9. The van der Waals surface area contributed by atoms with E-state index in [2.05, 4.69) is 78.8 Å². The zero-order valence-corrected chi connectivity index (χ0v) is 24.9. The van der Waals surface area contributed by atoms with Gasteiger partial charge in [0.1, 0.15) is 12.3 Å². The maximum absolute atomic E-state index is 14.0. The molecule has 2 heterocycles. The van der Waals surface area contributed by atoms with Gasteiger partial charge >= 0.3 is 0 Å². The van der Waals surface area contributed by atoms with Crippen molar-refractivity contribution in [1.29, 1.82) is 0 Å². The summed E-state index contributed by atoms with van der Waals surface area (Å²) in [7, 11) is 3.71. The maximum Gasteiger partial charge on any atom is 0.210 e. The molecule has 41 heavy (non-hydrogen) atoms. The molecule has 0 saturated heterocycles. The highest BCUT2D eigenvalue weighted by Gasteiger charge is 2.53. The Morgan fingerprint density at radius 1 is 1.12 bits per heavy atom. The number of fused-ring (bicyclic) bond motifs is 3. The number of carbonyl (C=O) groups is 1. The number of nitrogens with zero attached hydrogens (tertiary/aromatic N) is 2. The number of rotatable bonds is 7. The molecule has 0 bridgehead atoms. The Balaban J connectivity index is 1.59. The topological polar surface area (TPSA) is 34.2 Å². The van der Waals surface area contributed by atoms with E-state index in [0.717, 1.165) is 47.5 Å². The third-order valence-electron chi connectivity index (χ3n) is 9.38. The van der Waals surface area contributed by atoms with E-state index in [1.807, 2.05) is 25.3 Å². The number of hydrogen-bond donors (Lipinski definition) is 0. The summed E-state index contributed by atoms with van der Waals surface area (Å²) in [5, 5.41) is 3.28. The third-order valence-corrected chi connectivity index (χ3v) is 9.38. The second kappa shape index (κ2) is 10.5. The van der Waals surface area contributed by atoms with Gasteiger partial charge in [-0.1, -0.05) is 76.6 Å². The minimum atomic E-state index is -0.158. The van der Waals surface area contributed by atoms with Gasteiger partial charge in [0.05, 0.1) is 23.7 Å². The monoisotopic (exact) mass is 545 g/mol. The number of ether oxygens (including phenoxy) is 1. The van der Waals surface area contributed by atoms with E-state index < -0.39 is 0 Å². The molecule has 2 aromatic carbocycles. The van der Waals surface area contributed by atoms with Crippen LogP contribution in [0.25, 0.3) is 29.1 Å². The highest BCUT2D eigenvalue weighted by atomic mass is 16.5. The Kier molecular flexibility index (Phi) is 6.97. The summed E-state index contributed by atoms with van der Waals surface area (Å²) < 4.78 is 10.6. The molecule has 1 saturated carbocycles. The molecular weight excluding hydrogens is 504 g/mol. The first-order valence-electron chi connectivity index (χ1n) is 15.0. The van der Waals surface area contributed by atoms with Crippen LogP contribution in [-0.2, 0) is 22.0 Å². The van der Waals surface area contributed by atoms with Crippen LogP contribution in [0.3, 0.4) is 0 Å². The van der Waals surface area contributed by atoms with Gasteiger partial charge in [0.2, 0.25) is 11.5 Å². The summed E-state index contributed by atoms with van der Waals surface area (Å²) in [5.41, 5.74) is 7.11. The number of allylic oxidation sites excluding steroid dienone is 4. The lowest BCUT2D eigenvalue weighted by Gasteiger charge is -2.33. The van der Waals surface area contributed by atoms with Crippen molar-refractivity contribution in [3.05, 3.63) is 94.2 Å². The molecule has 1 spiro atoms. The first-order chi connectivity index (χ1) is 19.8. The molecule has 3 aromatic rings. The molecule has 1 aromatic heterocycles. The van der Waals surface area contributed by atoms with Crippen molar-refractivity contribution < 1.29 is 14.1 Å². The van der Waals surface area contributed by atoms with Crippen molar-refractivity contribution in [2.45, 2.75) is 57.8 Å². The number of aromatic nitrogens is 1. The summed E-state index contributed by atoms with van der Waals surface area (Å²) in [6.07, 6.45) is 15.0. The lowest BCUT2D eigenvalue weighted by molar-refractivity contribution is -0.439. The van der Waals surface area contributed by atoms with Gasteiger partial charge in [0.25, 0.3) is 0 Å². The molecule has 2 aliphatic carbocycles. The predicted molar refractivity (Wildman–Crippen MR) is 170 cm³/mol. The minimum Gasteiger partial charge on any atom is -0.495 e. The van der Waals surface area contributed by atoms with Gasteiger partial charge in [-0.05, 0) is 41.3 Å². The van der Waals surface area contributed by atoms with Crippen LogP contribution in [0.5, 0.6) is 0 Å². The number of Topliss-reactive ketones (excluding diaryl/α,β-unsaturated/α-hetero) is 1. The van der Waals surface area contributed by atoms with Gasteiger partial charge in [0.15, 0.2) is 5.71 Å². The number of para-hydroxylation sites is 1. The Hall–Kier alpha value is -3.92. The fraction of sp³-hybridized carbons (Fsp3) is 0.351. The quantitative estimate of drug-likeness (QED) is 0.252. The zero-order valence-electron chi connectivity index (χ0n) is 24.9. The van der Waals surface area contributed by atoms with Crippen molar-refractivity contribution in [3.63, 3.8) is 0 Å². The van der Waals surface area contributed by atoms with E-state index in [9.17, 15) is 4.79 Å². The number of benzene rings is 2. The summed E-state index contributed by atoms with van der Waals surface area (Å²) in [4.78, 5) is 14.0. The third kappa shape index (κ3) is 4.18. The Labute approximate surface area is 243 Å². The van der Waals surface area contributed by atoms with Crippen LogP contribution in [0.4, 0.5) is 5.69 Å². The van der Waals surface area contributed by atoms with Gasteiger partial charge in [-0.25, -0.2) is 0 Å². The van der Waals surface area contributed by atoms with Gasteiger partial charge in [-0.15, -0.1) is 0 Å². The first-order valence-corrected chi connectivity index (χ1v) is 15.0. The van der Waals surface area contributed by atoms with E-state index in [1.165, 1.54) is 41.4 Å². The molecule has 4 heteroatoms. The Morgan fingerprint density at radius 3 is 2.59 bits per heavy atom. The summed E-state index contributed by atoms with van der Waals surface area (Å²) in [5.74, 6) is 1.33. The molecular formula is C37H41N2O2+. The normalized spacial score (nSPS) is 19.6. The van der Waals surface area contributed by atoms with Crippen LogP contribution in [0.15, 0.2) is 72.7 Å². The number of carbonyl (C=O) groups excluding carboxylic acids is 1. The fourth-order valence-electron chi connectivity index (χ4n) is 7.39. The number of hydrogen-bond acceptors (Lipinski definition) is 2. The molecule has 3 aliphatic rings. The molecule has 0 N–H and O–H groups in total. The van der Waals surface area contributed by atoms with Gasteiger partial charge in [-0.3, -0.25) is 4.79 Å². The lowest BCUT2D eigenvalue weighted by atomic mass is 9.66. The molecule has 0 atom stereocenters. The van der Waals surface area contributed by atoms with Crippen LogP contribution in [0.1, 0.15) is 63.5 Å². The van der Waals surface area contributed by atoms with Crippen LogP contribution >= 0.6 is 0 Å². The fourth-order valence-corrected chi connectivity index (χ4v) is 7.39. The lowest BCUT2D eigenvalue weighted by Crippen LogP contribution is -2.43. The van der Waals surface area contributed by atoms with Gasteiger partial charge in [-0.2, -0.15) is 4.58 Å². The molecule has 0 unspecified atom stereocenters. The van der Waals surface area contributed by atoms with E-state index in [-0.39, 0.29) is 11.2 Å². The zero-order chi connectivity index (χ0) is 28.9. The minimum absolute atomic E-state index is 0.0622. The van der Waals surface area contributed by atoms with Crippen LogP contribution in [0.2, 0.25) is 0 Å². The van der Waals surface area contributed by atoms with E-state index in [4.69, 9.17) is 4.74 Å². The van der Waals surface area contributed by atoms with Crippen LogP contribution in [0, 0.1) is 5.92 Å². The second-order valence-electron chi connectivity index (χ2n) is 12.3. The molecule has 210 valence electrons. The molecule has 1 aliphatic heterocycles. The number of aryl methyl sites for hydroxylation is 1. The smallest absolute Gasteiger partial charge is 0.210 e. The average Bonchev–Trinajstić information content (AvgIpc) is 3.42. The standard InChI is InChI=1S/C37H41N2O2/c1-7-13-26-25(4)16-17-31-34(26)37(19-11-8-12-20-37)32(39(31)21-18-24(2)3)22-28-35(40)33(36(28)41-6)29-23-38(5)30-15-10-9-14-27(29)30/h7,9-10,13-17,22-24H,1,4,8,11-12,18-21H2,2-3,5-6H3/q+1/b26-13+. The van der Waals surface area contributed by atoms with Crippen molar-refractivity contribution in [1.82, 2.24) is 4.57 Å². The SMILES string of the molecule is C=C/C=c1/c2c(ccc1=C)[N+](CCC(C)C)=C(/C=C1\C(=O)C(c3cn(C)c4ccccc34)=C1OC)C21CCCCC1. The van der Waals surface area contributed by atoms with E-state index in [0.29, 0.717) is 22.8 Å². The highest BCUT2D eigenvalue weighted by molar-refractivity contribution is 6.41. The molecule has 6 rings (SSSR count). The van der Waals surface area contributed by atoms with Crippen LogP contribution < -0.4 is 10.4 Å². The van der Waals surface area contributed by atoms with Crippen molar-refractivity contribution >= 4 is 46.3 Å². The number of ketones is 1. The largest absolute Gasteiger partial charge is 0.495 e. The van der Waals surface area contributed by atoms with Gasteiger partial charge < -0.3 is 9.30 Å². The van der Waals surface area contributed by atoms with Crippen molar-refractivity contribution in [2.75, 3.05) is 13.7 Å². The molecule has 0 radical (unpaired) electrons. The highest BCUT2D eigenvalue weighted by Crippen LogP contribution is 2.49. The first kappa shape index (κ1) is 27.3. The second-order valence-corrected chi connectivity index (χ2v) is 12.3. The summed E-state index contributed by atoms with van der Waals surface area (Å²) in [6, 6.07) is 12.6. The molecule has 4 nitrogen and oxygen atoms in total. The van der Waals surface area contributed by atoms with Crippen LogP contribution in [-0.4, -0.2) is 34.3 Å². The molecule has 1 fully saturated rings. The predicted octanol–water partition coefficient (Wildman–Crippen LogP) is 6.47. The Morgan fingerprint density at radius 2 is 1.88 bits per heavy atom. The average molecular weight is 546 g/mol.